The Kier molecular flexibility index (Phi) is 3.38. The van der Waals surface area contributed by atoms with E-state index in [1.165, 1.54) is 17.1 Å². The van der Waals surface area contributed by atoms with Gasteiger partial charge in [-0.15, -0.1) is 5.10 Å². The van der Waals surface area contributed by atoms with Crippen molar-refractivity contribution in [2.24, 2.45) is 0 Å². The molecule has 0 bridgehead atoms. The zero-order valence-electron chi connectivity index (χ0n) is 12.1. The average molecular weight is 289 g/mol. The van der Waals surface area contributed by atoms with Gasteiger partial charge in [-0.2, -0.15) is 0 Å². The number of aryl methyl sites for hydroxylation is 2. The van der Waals surface area contributed by atoms with Gasteiger partial charge in [0.05, 0.1) is 22.8 Å². The van der Waals surface area contributed by atoms with Crippen LogP contribution in [0.4, 0.5) is 5.69 Å². The maximum absolute atomic E-state index is 6.16. The van der Waals surface area contributed by atoms with E-state index in [4.69, 9.17) is 4.74 Å². The van der Waals surface area contributed by atoms with Gasteiger partial charge in [0, 0.05) is 0 Å². The first kappa shape index (κ1) is 13.4. The molecule has 2 heterocycles. The molecule has 0 spiro atoms. The van der Waals surface area contributed by atoms with Crippen LogP contribution < -0.4 is 10.1 Å². The van der Waals surface area contributed by atoms with E-state index < -0.39 is 0 Å². The summed E-state index contributed by atoms with van der Waals surface area (Å²) < 4.78 is 10.1. The fraction of sp³-hybridized carbons (Fsp3) is 0.467. The third-order valence-electron chi connectivity index (χ3n) is 3.66. The molecule has 20 heavy (non-hydrogen) atoms. The quantitative estimate of drug-likeness (QED) is 0.938. The summed E-state index contributed by atoms with van der Waals surface area (Å²) in [5.41, 5.74) is 3.25. The number of ether oxygens (including phenoxy) is 1. The molecule has 1 aromatic heterocycles. The van der Waals surface area contributed by atoms with Crippen molar-refractivity contribution in [3.8, 4) is 5.75 Å². The smallest absolute Gasteiger partial charge is 0.146 e. The number of para-hydroxylation sites is 1. The highest BCUT2D eigenvalue weighted by atomic mass is 32.1. The Balaban J connectivity index is 1.82. The number of anilines is 1. The molecule has 0 atom stereocenters. The summed E-state index contributed by atoms with van der Waals surface area (Å²) in [5.74, 6) is 0.999. The topological polar surface area (TPSA) is 47.0 Å². The Morgan fingerprint density at radius 3 is 3.00 bits per heavy atom. The van der Waals surface area contributed by atoms with E-state index in [-0.39, 0.29) is 5.60 Å². The first-order valence-electron chi connectivity index (χ1n) is 6.88. The van der Waals surface area contributed by atoms with Crippen LogP contribution in [0.2, 0.25) is 0 Å². The zero-order chi connectivity index (χ0) is 14.2. The van der Waals surface area contributed by atoms with Crippen molar-refractivity contribution in [2.75, 3.05) is 5.32 Å². The van der Waals surface area contributed by atoms with E-state index in [1.807, 2.05) is 6.92 Å². The average Bonchev–Trinajstić information content (AvgIpc) is 2.81. The van der Waals surface area contributed by atoms with Gasteiger partial charge in [-0.1, -0.05) is 16.6 Å². The molecular formula is C15H19N3OS. The van der Waals surface area contributed by atoms with Crippen molar-refractivity contribution >= 4 is 17.2 Å². The van der Waals surface area contributed by atoms with Crippen molar-refractivity contribution in [1.82, 2.24) is 9.59 Å². The molecule has 5 heteroatoms. The Bertz CT molecular complexity index is 621. The van der Waals surface area contributed by atoms with Gasteiger partial charge in [-0.3, -0.25) is 0 Å². The number of rotatable bonds is 3. The van der Waals surface area contributed by atoms with Gasteiger partial charge in [0.2, 0.25) is 0 Å². The fourth-order valence-electron chi connectivity index (χ4n) is 2.39. The molecule has 2 aromatic rings. The van der Waals surface area contributed by atoms with Gasteiger partial charge in [0.25, 0.3) is 0 Å². The molecule has 106 valence electrons. The van der Waals surface area contributed by atoms with Gasteiger partial charge < -0.3 is 10.1 Å². The van der Waals surface area contributed by atoms with Crippen LogP contribution >= 0.6 is 11.5 Å². The van der Waals surface area contributed by atoms with Crippen LogP contribution in [0.15, 0.2) is 18.2 Å². The van der Waals surface area contributed by atoms with E-state index in [1.54, 1.807) is 0 Å². The Morgan fingerprint density at radius 2 is 2.25 bits per heavy atom. The number of aromatic nitrogens is 2. The second-order valence-electron chi connectivity index (χ2n) is 5.79. The summed E-state index contributed by atoms with van der Waals surface area (Å²) in [4.78, 5) is 1.16. The molecule has 0 saturated carbocycles. The number of hydrogen-bond donors (Lipinski definition) is 1. The van der Waals surface area contributed by atoms with Crippen molar-refractivity contribution < 1.29 is 4.74 Å². The van der Waals surface area contributed by atoms with Crippen molar-refractivity contribution in [3.05, 3.63) is 34.3 Å². The molecule has 4 nitrogen and oxygen atoms in total. The van der Waals surface area contributed by atoms with Gasteiger partial charge in [0.15, 0.2) is 0 Å². The van der Waals surface area contributed by atoms with Crippen molar-refractivity contribution in [2.45, 2.75) is 45.8 Å². The predicted octanol–water partition coefficient (Wildman–Crippen LogP) is 3.56. The minimum Gasteiger partial charge on any atom is -0.485 e. The Hall–Kier alpha value is -1.62. The first-order chi connectivity index (χ1) is 9.55. The molecule has 1 aromatic carbocycles. The zero-order valence-corrected chi connectivity index (χ0v) is 12.9. The lowest BCUT2D eigenvalue weighted by molar-refractivity contribution is 0.0856. The molecule has 0 unspecified atom stereocenters. The van der Waals surface area contributed by atoms with Crippen molar-refractivity contribution in [1.29, 1.82) is 0 Å². The van der Waals surface area contributed by atoms with E-state index in [0.717, 1.165) is 41.4 Å². The van der Waals surface area contributed by atoms with Crippen LogP contribution in [0, 0.1) is 6.92 Å². The summed E-state index contributed by atoms with van der Waals surface area (Å²) in [6.07, 6.45) is 2.13. The van der Waals surface area contributed by atoms with Gasteiger partial charge in [0.1, 0.15) is 11.4 Å². The van der Waals surface area contributed by atoms with E-state index in [2.05, 4.69) is 47.0 Å². The lowest BCUT2D eigenvalue weighted by Crippen LogP contribution is -2.33. The molecule has 0 aliphatic carbocycles. The third-order valence-corrected chi connectivity index (χ3v) is 4.48. The molecule has 0 radical (unpaired) electrons. The third kappa shape index (κ3) is 2.63. The van der Waals surface area contributed by atoms with E-state index in [9.17, 15) is 0 Å². The Labute approximate surface area is 123 Å². The monoisotopic (exact) mass is 289 g/mol. The number of nitrogens with zero attached hydrogens (tertiary/aromatic N) is 2. The summed E-state index contributed by atoms with van der Waals surface area (Å²) in [7, 11) is 0. The summed E-state index contributed by atoms with van der Waals surface area (Å²) >= 11 is 1.44. The standard InChI is InChI=1S/C15H19N3OS/c1-10-13(20-18-17-10)9-16-12-6-4-5-11-7-8-15(2,3)19-14(11)12/h4-6,16H,7-9H2,1-3H3. The number of nitrogens with one attached hydrogen (secondary N) is 1. The molecule has 3 rings (SSSR count). The van der Waals surface area contributed by atoms with Gasteiger partial charge in [-0.05, 0) is 56.8 Å². The number of hydrogen-bond acceptors (Lipinski definition) is 5. The maximum Gasteiger partial charge on any atom is 0.146 e. The highest BCUT2D eigenvalue weighted by molar-refractivity contribution is 7.05. The first-order valence-corrected chi connectivity index (χ1v) is 7.65. The molecular weight excluding hydrogens is 270 g/mol. The van der Waals surface area contributed by atoms with Crippen molar-refractivity contribution in [3.63, 3.8) is 0 Å². The summed E-state index contributed by atoms with van der Waals surface area (Å²) in [5, 5.41) is 7.50. The molecule has 0 amide bonds. The maximum atomic E-state index is 6.16. The van der Waals surface area contributed by atoms with E-state index >= 15 is 0 Å². The van der Waals surface area contributed by atoms with Gasteiger partial charge >= 0.3 is 0 Å². The highest BCUT2D eigenvalue weighted by Gasteiger charge is 2.28. The van der Waals surface area contributed by atoms with Crippen LogP contribution in [-0.2, 0) is 13.0 Å². The lowest BCUT2D eigenvalue weighted by atomic mass is 9.94. The lowest BCUT2D eigenvalue weighted by Gasteiger charge is -2.33. The fourth-order valence-corrected chi connectivity index (χ4v) is 2.96. The predicted molar refractivity (Wildman–Crippen MR) is 81.4 cm³/mol. The van der Waals surface area contributed by atoms with Crippen LogP contribution in [-0.4, -0.2) is 15.2 Å². The highest BCUT2D eigenvalue weighted by Crippen LogP contribution is 2.38. The molecule has 0 fully saturated rings. The largest absolute Gasteiger partial charge is 0.485 e. The summed E-state index contributed by atoms with van der Waals surface area (Å²) in [6.45, 7) is 7.01. The minimum absolute atomic E-state index is 0.0905. The second-order valence-corrected chi connectivity index (χ2v) is 6.63. The van der Waals surface area contributed by atoms with Crippen LogP contribution in [0.1, 0.15) is 36.4 Å². The number of fused-ring (bicyclic) bond motifs is 1. The SMILES string of the molecule is Cc1nnsc1CNc1cccc2c1OC(C)(C)CC2. The minimum atomic E-state index is -0.0905. The second kappa shape index (κ2) is 5.05. The number of benzene rings is 1. The molecule has 1 aliphatic heterocycles. The molecule has 1 aliphatic rings. The Morgan fingerprint density at radius 1 is 1.40 bits per heavy atom. The normalized spacial score (nSPS) is 16.4. The van der Waals surface area contributed by atoms with Gasteiger partial charge in [-0.25, -0.2) is 0 Å². The molecule has 0 saturated heterocycles. The van der Waals surface area contributed by atoms with Crippen LogP contribution in [0.3, 0.4) is 0 Å². The van der Waals surface area contributed by atoms with Crippen LogP contribution in [0.25, 0.3) is 0 Å². The molecule has 1 N–H and O–H groups in total. The van der Waals surface area contributed by atoms with Crippen LogP contribution in [0.5, 0.6) is 5.75 Å². The van der Waals surface area contributed by atoms with E-state index in [0.29, 0.717) is 0 Å². The summed E-state index contributed by atoms with van der Waals surface area (Å²) in [6, 6.07) is 6.31.